The molecule has 0 aliphatic carbocycles. The Bertz CT molecular complexity index is 379. The summed E-state index contributed by atoms with van der Waals surface area (Å²) in [6.45, 7) is 2.42. The SMILES string of the molecule is CC(C)CCc1c(CN)nnn1CC(F)(F)CO. The topological polar surface area (TPSA) is 77.0 Å². The molecule has 1 aromatic rings. The fraction of sp³-hybridized carbons (Fsp3) is 0.818. The molecule has 0 fully saturated rings. The predicted octanol–water partition coefficient (Wildman–Crippen LogP) is 0.953. The fourth-order valence-corrected chi connectivity index (χ4v) is 1.62. The van der Waals surface area contributed by atoms with Gasteiger partial charge in [-0.3, -0.25) is 0 Å². The minimum Gasteiger partial charge on any atom is -0.390 e. The smallest absolute Gasteiger partial charge is 0.289 e. The molecule has 7 heteroatoms. The van der Waals surface area contributed by atoms with Gasteiger partial charge in [0.05, 0.1) is 11.4 Å². The third kappa shape index (κ3) is 3.99. The molecule has 1 aromatic heterocycles. The van der Waals surface area contributed by atoms with E-state index in [0.29, 0.717) is 23.7 Å². The molecule has 104 valence electrons. The van der Waals surface area contributed by atoms with Crippen LogP contribution in [0.1, 0.15) is 31.7 Å². The number of nitrogens with zero attached hydrogens (tertiary/aromatic N) is 3. The molecule has 5 nitrogen and oxygen atoms in total. The average Bonchev–Trinajstić information content (AvgIpc) is 2.68. The van der Waals surface area contributed by atoms with Gasteiger partial charge in [0, 0.05) is 6.54 Å². The molecule has 0 saturated carbocycles. The molecule has 0 aromatic carbocycles. The monoisotopic (exact) mass is 262 g/mol. The Morgan fingerprint density at radius 1 is 1.44 bits per heavy atom. The predicted molar refractivity (Wildman–Crippen MR) is 63.1 cm³/mol. The summed E-state index contributed by atoms with van der Waals surface area (Å²) in [7, 11) is 0. The van der Waals surface area contributed by atoms with Crippen molar-refractivity contribution in [2.24, 2.45) is 11.7 Å². The molecule has 0 atom stereocenters. The summed E-state index contributed by atoms with van der Waals surface area (Å²) < 4.78 is 27.5. The highest BCUT2D eigenvalue weighted by Gasteiger charge is 2.30. The van der Waals surface area contributed by atoms with Crippen LogP contribution in [0.15, 0.2) is 0 Å². The first-order chi connectivity index (χ1) is 8.39. The van der Waals surface area contributed by atoms with E-state index in [1.807, 2.05) is 0 Å². The first-order valence-corrected chi connectivity index (χ1v) is 5.99. The zero-order chi connectivity index (χ0) is 13.8. The van der Waals surface area contributed by atoms with Gasteiger partial charge in [0.2, 0.25) is 0 Å². The largest absolute Gasteiger partial charge is 0.390 e. The summed E-state index contributed by atoms with van der Waals surface area (Å²) in [5.41, 5.74) is 6.70. The van der Waals surface area contributed by atoms with E-state index in [-0.39, 0.29) is 6.54 Å². The molecule has 0 spiro atoms. The molecule has 1 heterocycles. The molecule has 0 radical (unpaired) electrons. The highest BCUT2D eigenvalue weighted by atomic mass is 19.3. The summed E-state index contributed by atoms with van der Waals surface area (Å²) in [5.74, 6) is -2.73. The molecule has 1 rings (SSSR count). The Hall–Kier alpha value is -1.08. The number of rotatable bonds is 7. The number of halogens is 2. The van der Waals surface area contributed by atoms with E-state index in [0.717, 1.165) is 11.1 Å². The first-order valence-electron chi connectivity index (χ1n) is 5.99. The lowest BCUT2D eigenvalue weighted by Crippen LogP contribution is -2.29. The summed E-state index contributed by atoms with van der Waals surface area (Å²) in [6.07, 6.45) is 1.46. The van der Waals surface area contributed by atoms with Gasteiger partial charge >= 0.3 is 0 Å². The molecule has 18 heavy (non-hydrogen) atoms. The highest BCUT2D eigenvalue weighted by molar-refractivity contribution is 5.10. The lowest BCUT2D eigenvalue weighted by molar-refractivity contribution is -0.0660. The summed E-state index contributed by atoms with van der Waals surface area (Å²) in [5, 5.41) is 16.1. The van der Waals surface area contributed by atoms with Gasteiger partial charge in [-0.25, -0.2) is 13.5 Å². The third-order valence-corrected chi connectivity index (χ3v) is 2.68. The van der Waals surface area contributed by atoms with Crippen LogP contribution < -0.4 is 5.73 Å². The van der Waals surface area contributed by atoms with Crippen molar-refractivity contribution >= 4 is 0 Å². The standard InChI is InChI=1S/C11H20F2N4O/c1-8(2)3-4-10-9(5-14)15-16-17(10)6-11(12,13)7-18/h8,18H,3-7,14H2,1-2H3. The highest BCUT2D eigenvalue weighted by Crippen LogP contribution is 2.18. The number of aliphatic hydroxyl groups is 1. The van der Waals surface area contributed by atoms with Crippen LogP contribution in [-0.4, -0.2) is 32.6 Å². The number of alkyl halides is 2. The van der Waals surface area contributed by atoms with Crippen molar-refractivity contribution in [3.05, 3.63) is 11.4 Å². The Morgan fingerprint density at radius 2 is 2.11 bits per heavy atom. The summed E-state index contributed by atoms with van der Waals surface area (Å²) in [6, 6.07) is 0. The van der Waals surface area contributed by atoms with Crippen LogP contribution in [0, 0.1) is 5.92 Å². The minimum absolute atomic E-state index is 0.179. The van der Waals surface area contributed by atoms with Gasteiger partial charge in [-0.05, 0) is 18.8 Å². The first kappa shape index (κ1) is 15.0. The molecule has 0 amide bonds. The second kappa shape index (κ2) is 6.19. The lowest BCUT2D eigenvalue weighted by Gasteiger charge is -2.15. The number of nitrogens with two attached hydrogens (primary N) is 1. The van der Waals surface area contributed by atoms with E-state index in [1.54, 1.807) is 0 Å². The van der Waals surface area contributed by atoms with Crippen molar-refractivity contribution in [2.45, 2.75) is 45.7 Å². The zero-order valence-corrected chi connectivity index (χ0v) is 10.7. The molecular formula is C11H20F2N4O. The van der Waals surface area contributed by atoms with Crippen molar-refractivity contribution in [1.82, 2.24) is 15.0 Å². The van der Waals surface area contributed by atoms with Crippen LogP contribution in [0.3, 0.4) is 0 Å². The molecule has 0 unspecified atom stereocenters. The van der Waals surface area contributed by atoms with Crippen LogP contribution in [0.5, 0.6) is 0 Å². The molecule has 0 aliphatic rings. The van der Waals surface area contributed by atoms with E-state index < -0.39 is 19.1 Å². The van der Waals surface area contributed by atoms with Gasteiger partial charge in [-0.1, -0.05) is 19.1 Å². The number of hydrogen-bond donors (Lipinski definition) is 2. The molecular weight excluding hydrogens is 242 g/mol. The van der Waals surface area contributed by atoms with Gasteiger partial charge in [0.1, 0.15) is 13.2 Å². The van der Waals surface area contributed by atoms with Gasteiger partial charge in [0.15, 0.2) is 0 Å². The van der Waals surface area contributed by atoms with E-state index in [1.165, 1.54) is 0 Å². The Balaban J connectivity index is 2.87. The van der Waals surface area contributed by atoms with Crippen molar-refractivity contribution in [3.63, 3.8) is 0 Å². The van der Waals surface area contributed by atoms with Crippen molar-refractivity contribution in [3.8, 4) is 0 Å². The third-order valence-electron chi connectivity index (χ3n) is 2.68. The Kier molecular flexibility index (Phi) is 5.15. The van der Waals surface area contributed by atoms with Gasteiger partial charge < -0.3 is 10.8 Å². The van der Waals surface area contributed by atoms with E-state index in [2.05, 4.69) is 24.2 Å². The maximum Gasteiger partial charge on any atom is 0.289 e. The number of aromatic nitrogens is 3. The average molecular weight is 262 g/mol. The van der Waals surface area contributed by atoms with Crippen molar-refractivity contribution < 1.29 is 13.9 Å². The van der Waals surface area contributed by atoms with Crippen molar-refractivity contribution in [2.75, 3.05) is 6.61 Å². The van der Waals surface area contributed by atoms with Gasteiger partial charge in [-0.2, -0.15) is 0 Å². The molecule has 0 saturated heterocycles. The summed E-state index contributed by atoms with van der Waals surface area (Å²) >= 11 is 0. The van der Waals surface area contributed by atoms with E-state index in [9.17, 15) is 8.78 Å². The van der Waals surface area contributed by atoms with Gasteiger partial charge in [-0.15, -0.1) is 5.10 Å². The maximum atomic E-state index is 13.2. The van der Waals surface area contributed by atoms with Gasteiger partial charge in [0.25, 0.3) is 5.92 Å². The molecule has 3 N–H and O–H groups in total. The summed E-state index contributed by atoms with van der Waals surface area (Å²) in [4.78, 5) is 0. The molecule has 0 aliphatic heterocycles. The molecule has 0 bridgehead atoms. The van der Waals surface area contributed by atoms with E-state index in [4.69, 9.17) is 10.8 Å². The van der Waals surface area contributed by atoms with Crippen LogP contribution >= 0.6 is 0 Å². The second-order valence-corrected chi connectivity index (χ2v) is 4.79. The lowest BCUT2D eigenvalue weighted by atomic mass is 10.1. The normalized spacial score (nSPS) is 12.4. The minimum atomic E-state index is -3.19. The number of aliphatic hydroxyl groups excluding tert-OH is 1. The van der Waals surface area contributed by atoms with Crippen molar-refractivity contribution in [1.29, 1.82) is 0 Å². The zero-order valence-electron chi connectivity index (χ0n) is 10.7. The quantitative estimate of drug-likeness (QED) is 0.767. The van der Waals surface area contributed by atoms with E-state index >= 15 is 0 Å². The Labute approximate surface area is 105 Å². The van der Waals surface area contributed by atoms with Crippen LogP contribution in [0.2, 0.25) is 0 Å². The second-order valence-electron chi connectivity index (χ2n) is 4.79. The maximum absolute atomic E-state index is 13.2. The Morgan fingerprint density at radius 3 is 2.61 bits per heavy atom. The fourth-order valence-electron chi connectivity index (χ4n) is 1.62. The number of hydrogen-bond acceptors (Lipinski definition) is 4. The van der Waals surface area contributed by atoms with Crippen LogP contribution in [-0.2, 0) is 19.5 Å². The van der Waals surface area contributed by atoms with Crippen LogP contribution in [0.25, 0.3) is 0 Å². The van der Waals surface area contributed by atoms with Crippen LogP contribution in [0.4, 0.5) is 8.78 Å².